The van der Waals surface area contributed by atoms with Crippen molar-refractivity contribution in [3.8, 4) is 0 Å². The molecule has 19 heavy (non-hydrogen) atoms. The Hall–Kier alpha value is 0.360. The van der Waals surface area contributed by atoms with Gasteiger partial charge in [0.05, 0.1) is 35.8 Å². The molecular formula is C15H21BrO3. The summed E-state index contributed by atoms with van der Waals surface area (Å²) in [7, 11) is 0. The Bertz CT molecular complexity index is 452. The molecule has 4 heteroatoms. The molecule has 0 aromatic carbocycles. The minimum Gasteiger partial charge on any atom is -0.373 e. The Balaban J connectivity index is 1.69. The lowest BCUT2D eigenvalue weighted by molar-refractivity contribution is -0.308. The number of rotatable bonds is 0. The lowest BCUT2D eigenvalue weighted by Crippen LogP contribution is -2.74. The average molecular weight is 329 g/mol. The van der Waals surface area contributed by atoms with Gasteiger partial charge in [0.15, 0.2) is 0 Å². The van der Waals surface area contributed by atoms with Crippen molar-refractivity contribution >= 4 is 15.9 Å². The molecule has 0 aromatic heterocycles. The van der Waals surface area contributed by atoms with Crippen LogP contribution in [-0.4, -0.2) is 41.5 Å². The Kier molecular flexibility index (Phi) is 1.94. The number of epoxide rings is 1. The molecule has 7 atom stereocenters. The van der Waals surface area contributed by atoms with E-state index < -0.39 is 0 Å². The fourth-order valence-electron chi connectivity index (χ4n) is 5.73. The first kappa shape index (κ1) is 12.0. The van der Waals surface area contributed by atoms with Crippen molar-refractivity contribution < 1.29 is 14.2 Å². The zero-order valence-corrected chi connectivity index (χ0v) is 13.2. The predicted molar refractivity (Wildman–Crippen MR) is 73.4 cm³/mol. The second-order valence-corrected chi connectivity index (χ2v) is 8.74. The summed E-state index contributed by atoms with van der Waals surface area (Å²) in [5, 5.41) is 0. The Morgan fingerprint density at radius 1 is 1.05 bits per heavy atom. The molecule has 0 amide bonds. The molecule has 1 unspecified atom stereocenters. The van der Waals surface area contributed by atoms with Crippen LogP contribution in [0.5, 0.6) is 0 Å². The first-order chi connectivity index (χ1) is 8.98. The number of halogens is 1. The molecule has 2 spiro atoms. The highest BCUT2D eigenvalue weighted by Gasteiger charge is 2.81. The van der Waals surface area contributed by atoms with E-state index in [1.54, 1.807) is 0 Å². The van der Waals surface area contributed by atoms with E-state index in [0.29, 0.717) is 17.0 Å². The Labute approximate surface area is 122 Å². The first-order valence-corrected chi connectivity index (χ1v) is 8.47. The minimum atomic E-state index is -0.0445. The van der Waals surface area contributed by atoms with Crippen LogP contribution < -0.4 is 0 Å². The van der Waals surface area contributed by atoms with Crippen LogP contribution in [0.3, 0.4) is 0 Å². The molecular weight excluding hydrogens is 308 g/mol. The highest BCUT2D eigenvalue weighted by atomic mass is 79.9. The van der Waals surface area contributed by atoms with Gasteiger partial charge in [0.1, 0.15) is 5.60 Å². The second-order valence-electron chi connectivity index (χ2n) is 7.75. The minimum absolute atomic E-state index is 0.0185. The lowest BCUT2D eigenvalue weighted by atomic mass is 9.48. The van der Waals surface area contributed by atoms with Crippen LogP contribution in [0.2, 0.25) is 0 Å². The normalized spacial score (nSPS) is 69.3. The number of alkyl halides is 1. The van der Waals surface area contributed by atoms with E-state index in [9.17, 15) is 0 Å². The van der Waals surface area contributed by atoms with Crippen LogP contribution in [0.15, 0.2) is 0 Å². The number of fused-ring (bicyclic) bond motifs is 2. The molecule has 2 aliphatic carbocycles. The van der Waals surface area contributed by atoms with E-state index in [2.05, 4.69) is 29.8 Å². The average Bonchev–Trinajstić information content (AvgIpc) is 3.14. The monoisotopic (exact) mass is 328 g/mol. The number of ether oxygens (including phenoxy) is 3. The molecule has 0 radical (unpaired) electrons. The van der Waals surface area contributed by atoms with Gasteiger partial charge in [0.25, 0.3) is 0 Å². The van der Waals surface area contributed by atoms with Gasteiger partial charge in [-0.25, -0.2) is 0 Å². The fourth-order valence-corrected chi connectivity index (χ4v) is 6.72. The third kappa shape index (κ3) is 1.02. The summed E-state index contributed by atoms with van der Waals surface area (Å²) in [5.41, 5.74) is 0.367. The molecule has 6 aliphatic rings. The van der Waals surface area contributed by atoms with Crippen LogP contribution in [0.25, 0.3) is 0 Å². The van der Waals surface area contributed by atoms with Gasteiger partial charge in [-0.3, -0.25) is 0 Å². The maximum absolute atomic E-state index is 6.57. The summed E-state index contributed by atoms with van der Waals surface area (Å²) in [6.45, 7) is 6.44. The third-order valence-electron chi connectivity index (χ3n) is 7.35. The van der Waals surface area contributed by atoms with Gasteiger partial charge in [0, 0.05) is 10.8 Å². The van der Waals surface area contributed by atoms with Crippen molar-refractivity contribution in [3.05, 3.63) is 0 Å². The quantitative estimate of drug-likeness (QED) is 0.506. The molecule has 4 bridgehead atoms. The van der Waals surface area contributed by atoms with Gasteiger partial charge in [-0.15, -0.1) is 0 Å². The van der Waals surface area contributed by atoms with Gasteiger partial charge in [0.2, 0.25) is 0 Å². The molecule has 4 heterocycles. The van der Waals surface area contributed by atoms with Crippen LogP contribution in [0.4, 0.5) is 0 Å². The maximum atomic E-state index is 6.57. The van der Waals surface area contributed by atoms with Crippen LogP contribution in [0, 0.1) is 10.8 Å². The van der Waals surface area contributed by atoms with Crippen molar-refractivity contribution in [1.29, 1.82) is 0 Å². The van der Waals surface area contributed by atoms with E-state index in [1.807, 2.05) is 0 Å². The van der Waals surface area contributed by atoms with Crippen molar-refractivity contribution in [2.24, 2.45) is 10.8 Å². The van der Waals surface area contributed by atoms with E-state index in [0.717, 1.165) is 26.1 Å². The molecule has 4 aliphatic heterocycles. The van der Waals surface area contributed by atoms with Gasteiger partial charge >= 0.3 is 0 Å². The number of hydrogen-bond acceptors (Lipinski definition) is 3. The van der Waals surface area contributed by atoms with Crippen molar-refractivity contribution in [3.63, 3.8) is 0 Å². The summed E-state index contributed by atoms with van der Waals surface area (Å²) in [6.07, 6.45) is 5.37. The highest BCUT2D eigenvalue weighted by Crippen LogP contribution is 2.74. The van der Waals surface area contributed by atoms with Crippen molar-refractivity contribution in [2.45, 2.75) is 67.8 Å². The smallest absolute Gasteiger partial charge is 0.124 e. The van der Waals surface area contributed by atoms with Crippen LogP contribution in [-0.2, 0) is 14.2 Å². The fraction of sp³-hybridized carbons (Fsp3) is 1.00. The summed E-state index contributed by atoms with van der Waals surface area (Å²) < 4.78 is 18.9. The van der Waals surface area contributed by atoms with Gasteiger partial charge < -0.3 is 14.2 Å². The molecule has 3 nitrogen and oxygen atoms in total. The summed E-state index contributed by atoms with van der Waals surface area (Å²) in [5.74, 6) is 0. The summed E-state index contributed by atoms with van der Waals surface area (Å²) >= 11 is 3.91. The molecule has 6 fully saturated rings. The molecule has 2 saturated carbocycles. The zero-order valence-electron chi connectivity index (χ0n) is 11.6. The van der Waals surface area contributed by atoms with Crippen molar-refractivity contribution in [1.82, 2.24) is 0 Å². The van der Waals surface area contributed by atoms with E-state index >= 15 is 0 Å². The summed E-state index contributed by atoms with van der Waals surface area (Å²) in [4.78, 5) is 0.318. The third-order valence-corrected chi connectivity index (χ3v) is 8.80. The molecule has 4 saturated heterocycles. The standard InChI is InChI=1S/C15H21BrO3/c1-12-5-6-14(7-17-12)11(10(12)16)19-9-3-4-13(14,2)15(9)8-18-15/h9-11H,3-8H2,1-2H3/t9-,10+,11-,12?,13-,14-,15+/m1/s1. The zero-order chi connectivity index (χ0) is 13.1. The summed E-state index contributed by atoms with van der Waals surface area (Å²) in [6, 6.07) is 0. The SMILES string of the molecule is CC12CC[C@@]3(CO1)[C@H](O[C@@H]1CC[C@@]3(C)[C@]13CO3)[C@@H]2Br. The topological polar surface area (TPSA) is 31.0 Å². The number of hydrogen-bond donors (Lipinski definition) is 0. The lowest BCUT2D eigenvalue weighted by Gasteiger charge is -2.67. The predicted octanol–water partition coefficient (Wildman–Crippen LogP) is 2.66. The molecule has 6 rings (SSSR count). The first-order valence-electron chi connectivity index (χ1n) is 7.55. The second kappa shape index (κ2) is 3.08. The highest BCUT2D eigenvalue weighted by molar-refractivity contribution is 9.09. The molecule has 106 valence electrons. The molecule has 0 aromatic rings. The van der Waals surface area contributed by atoms with E-state index in [-0.39, 0.29) is 22.0 Å². The van der Waals surface area contributed by atoms with Crippen LogP contribution in [0.1, 0.15) is 39.5 Å². The largest absolute Gasteiger partial charge is 0.373 e. The van der Waals surface area contributed by atoms with Crippen LogP contribution >= 0.6 is 15.9 Å². The van der Waals surface area contributed by atoms with Gasteiger partial charge in [-0.2, -0.15) is 0 Å². The molecule has 0 N–H and O–H groups in total. The van der Waals surface area contributed by atoms with E-state index in [4.69, 9.17) is 14.2 Å². The van der Waals surface area contributed by atoms with Crippen molar-refractivity contribution in [2.75, 3.05) is 13.2 Å². The Morgan fingerprint density at radius 3 is 2.47 bits per heavy atom. The maximum Gasteiger partial charge on any atom is 0.124 e. The van der Waals surface area contributed by atoms with Gasteiger partial charge in [-0.05, 0) is 32.6 Å². The Morgan fingerprint density at radius 2 is 1.84 bits per heavy atom. The van der Waals surface area contributed by atoms with Gasteiger partial charge in [-0.1, -0.05) is 22.9 Å². The van der Waals surface area contributed by atoms with E-state index in [1.165, 1.54) is 12.8 Å².